The molecule has 3 fully saturated rings. The molecule has 3 saturated heterocycles. The molecule has 3 aliphatic heterocycles. The lowest BCUT2D eigenvalue weighted by atomic mass is 9.87. The van der Waals surface area contributed by atoms with Crippen molar-refractivity contribution in [2.45, 2.75) is 189 Å². The number of benzene rings is 1. The molecule has 88 heavy (non-hydrogen) atoms. The maximum atomic E-state index is 15.7. The fourth-order valence-corrected chi connectivity index (χ4v) is 9.50. The average molecular weight is 1260 g/mol. The van der Waals surface area contributed by atoms with Crippen LogP contribution < -0.4 is 4.74 Å². The first-order valence-electron chi connectivity index (χ1n) is 26.5. The van der Waals surface area contributed by atoms with Crippen molar-refractivity contribution in [1.82, 2.24) is 0 Å². The van der Waals surface area contributed by atoms with Crippen LogP contribution in [0.4, 0.5) is 0 Å². The molecule has 0 radical (unpaired) electrons. The van der Waals surface area contributed by atoms with E-state index >= 15 is 9.59 Å². The summed E-state index contributed by atoms with van der Waals surface area (Å²) in [5.74, 6) is -22.8. The average Bonchev–Trinajstić information content (AvgIpc) is 1.11. The molecule has 0 spiro atoms. The van der Waals surface area contributed by atoms with E-state index in [-0.39, 0.29) is 0 Å². The molecule has 4 aliphatic rings. The van der Waals surface area contributed by atoms with Gasteiger partial charge in [0.25, 0.3) is 0 Å². The summed E-state index contributed by atoms with van der Waals surface area (Å²) in [4.78, 5) is 182. The van der Waals surface area contributed by atoms with Gasteiger partial charge >= 0.3 is 71.6 Å². The number of ether oxygens (including phenoxy) is 18. The van der Waals surface area contributed by atoms with Crippen molar-refractivity contribution in [3.8, 4) is 17.2 Å². The molecule has 0 amide bonds. The fourth-order valence-electron chi connectivity index (χ4n) is 9.50. The van der Waals surface area contributed by atoms with E-state index in [9.17, 15) is 67.7 Å². The number of rotatable bonds is 22. The van der Waals surface area contributed by atoms with Crippen LogP contribution in [0.25, 0.3) is 0 Å². The van der Waals surface area contributed by atoms with Crippen molar-refractivity contribution in [3.63, 3.8) is 0 Å². The van der Waals surface area contributed by atoms with Gasteiger partial charge in [-0.15, -0.1) is 0 Å². The summed E-state index contributed by atoms with van der Waals surface area (Å²) in [5.41, 5.74) is -3.02. The zero-order valence-electron chi connectivity index (χ0n) is 49.4. The maximum Gasteiger partial charge on any atom is 0.303 e. The quantitative estimate of drug-likeness (QED) is 0.0870. The van der Waals surface area contributed by atoms with E-state index in [0.29, 0.717) is 0 Å². The number of carbonyl (C=O) groups is 14. The van der Waals surface area contributed by atoms with E-state index in [4.69, 9.17) is 85.3 Å². The molecule has 484 valence electrons. The third-order valence-corrected chi connectivity index (χ3v) is 12.5. The normalized spacial score (nSPS) is 27.3. The first-order chi connectivity index (χ1) is 41.1. The van der Waals surface area contributed by atoms with Gasteiger partial charge in [-0.05, 0) is 6.42 Å². The standard InChI is InChI=1S/C54H64O34/c1-14-30-36(67)34-35(37(68)40(30)86-52-49(80-27(11)64)46(77-24(8)61)41(74-21(5)58)31(83-52)15-71-18(2)55)39(70)45(88-54-51(82-29(13)66)48(79-26(10)63)43(76-23(7)60)33(85-54)17-73-20(4)57)44(38(34)69)87-53-50(81-28(12)65)47(78-25(9)62)42(75-22(6)59)32(84-53)16-72-19(3)56/h31-33,41-43,46-54,67-68H,14-17H2,1-13H3. The van der Waals surface area contributed by atoms with Crippen molar-refractivity contribution < 1.29 is 163 Å². The van der Waals surface area contributed by atoms with Gasteiger partial charge in [-0.2, -0.15) is 0 Å². The Bertz CT molecular complexity index is 2980. The minimum atomic E-state index is -2.46. The highest BCUT2D eigenvalue weighted by Gasteiger charge is 2.59. The molecule has 1 aromatic rings. The monoisotopic (exact) mass is 1260 g/mol. The fraction of sp³-hybridized carbons (Fsp3) is 0.593. The minimum Gasteiger partial charge on any atom is -0.507 e. The third-order valence-electron chi connectivity index (χ3n) is 12.5. The number of esters is 12. The summed E-state index contributed by atoms with van der Waals surface area (Å²) in [5, 5.41) is 24.9. The molecule has 0 saturated carbocycles. The number of ketones is 2. The van der Waals surface area contributed by atoms with Gasteiger partial charge in [-0.25, -0.2) is 0 Å². The van der Waals surface area contributed by atoms with Crippen LogP contribution in [-0.2, 0) is 144 Å². The smallest absolute Gasteiger partial charge is 0.303 e. The van der Waals surface area contributed by atoms with Crippen LogP contribution in [0, 0.1) is 0 Å². The highest BCUT2D eigenvalue weighted by atomic mass is 16.8. The van der Waals surface area contributed by atoms with E-state index in [1.807, 2.05) is 0 Å². The highest BCUT2D eigenvalue weighted by Crippen LogP contribution is 2.50. The maximum absolute atomic E-state index is 15.7. The summed E-state index contributed by atoms with van der Waals surface area (Å²) in [7, 11) is 0. The molecular weight excluding hydrogens is 1190 g/mol. The van der Waals surface area contributed by atoms with Crippen molar-refractivity contribution in [2.75, 3.05) is 19.8 Å². The molecule has 1 aromatic carbocycles. The molecule has 15 atom stereocenters. The lowest BCUT2D eigenvalue weighted by Crippen LogP contribution is -2.63. The van der Waals surface area contributed by atoms with Crippen molar-refractivity contribution in [1.29, 1.82) is 0 Å². The number of phenols is 2. The molecule has 1 aliphatic carbocycles. The molecule has 34 heteroatoms. The van der Waals surface area contributed by atoms with Crippen molar-refractivity contribution >= 4 is 83.2 Å². The number of phenolic OH excluding ortho intramolecular Hbond substituents is 2. The first kappa shape index (κ1) is 69.6. The predicted molar refractivity (Wildman–Crippen MR) is 274 cm³/mol. The Labute approximate surface area is 498 Å². The van der Waals surface area contributed by atoms with E-state index in [1.54, 1.807) is 0 Å². The van der Waals surface area contributed by atoms with Gasteiger partial charge in [0.2, 0.25) is 60.3 Å². The first-order valence-corrected chi connectivity index (χ1v) is 26.5. The summed E-state index contributed by atoms with van der Waals surface area (Å²) < 4.78 is 101. The van der Waals surface area contributed by atoms with Gasteiger partial charge in [0.1, 0.15) is 43.9 Å². The lowest BCUT2D eigenvalue weighted by molar-refractivity contribution is -0.304. The molecule has 15 unspecified atom stereocenters. The second kappa shape index (κ2) is 30.0. The van der Waals surface area contributed by atoms with E-state index in [0.717, 1.165) is 83.1 Å². The molecular formula is C54H64O34. The van der Waals surface area contributed by atoms with Gasteiger partial charge in [0.15, 0.2) is 48.1 Å². The molecule has 0 bridgehead atoms. The number of fused-ring (bicyclic) bond motifs is 1. The van der Waals surface area contributed by atoms with E-state index < -0.39 is 247 Å². The minimum absolute atomic E-state index is 0.484. The topological polar surface area (TPSA) is 446 Å². The molecule has 2 N–H and O–H groups in total. The Kier molecular flexibility index (Phi) is 23.7. The van der Waals surface area contributed by atoms with Gasteiger partial charge in [-0.3, -0.25) is 67.1 Å². The molecule has 5 rings (SSSR count). The van der Waals surface area contributed by atoms with Gasteiger partial charge < -0.3 is 95.5 Å². The van der Waals surface area contributed by atoms with Crippen LogP contribution in [0.3, 0.4) is 0 Å². The van der Waals surface area contributed by atoms with E-state index in [1.165, 1.54) is 6.92 Å². The number of hydrogen-bond donors (Lipinski definition) is 2. The van der Waals surface area contributed by atoms with Gasteiger partial charge in [-0.1, -0.05) is 6.92 Å². The zero-order chi connectivity index (χ0) is 65.9. The number of allylic oxidation sites excluding steroid dienone is 2. The number of carbonyl (C=O) groups excluding carboxylic acids is 14. The zero-order valence-corrected chi connectivity index (χ0v) is 49.4. The summed E-state index contributed by atoms with van der Waals surface area (Å²) in [6, 6.07) is 0. The summed E-state index contributed by atoms with van der Waals surface area (Å²) >= 11 is 0. The Hall–Kier alpha value is -9.18. The Morgan fingerprint density at radius 3 is 0.830 bits per heavy atom. The van der Waals surface area contributed by atoms with Crippen LogP contribution >= 0.6 is 0 Å². The van der Waals surface area contributed by atoms with Crippen molar-refractivity contribution in [2.24, 2.45) is 0 Å². The Morgan fingerprint density at radius 1 is 0.341 bits per heavy atom. The highest BCUT2D eigenvalue weighted by molar-refractivity contribution is 6.28. The number of Topliss-reactive ketones (excluding diaryl/α,β-unsaturated/α-hetero) is 2. The van der Waals surface area contributed by atoms with Crippen LogP contribution in [0.5, 0.6) is 17.2 Å². The molecule has 0 aromatic heterocycles. The van der Waals surface area contributed by atoms with Crippen LogP contribution in [0.15, 0.2) is 11.5 Å². The van der Waals surface area contributed by atoms with Crippen molar-refractivity contribution in [3.05, 3.63) is 28.2 Å². The third kappa shape index (κ3) is 17.3. The molecule has 3 heterocycles. The summed E-state index contributed by atoms with van der Waals surface area (Å²) in [6.07, 6.45) is -30.7. The lowest BCUT2D eigenvalue weighted by Gasteiger charge is -2.45. The second-order valence-corrected chi connectivity index (χ2v) is 19.5. The van der Waals surface area contributed by atoms with Gasteiger partial charge in [0.05, 0.1) is 11.1 Å². The van der Waals surface area contributed by atoms with Crippen LogP contribution in [0.2, 0.25) is 0 Å². The van der Waals surface area contributed by atoms with E-state index in [2.05, 4.69) is 0 Å². The number of hydrogen-bond acceptors (Lipinski definition) is 34. The largest absolute Gasteiger partial charge is 0.507 e. The molecule has 34 nitrogen and oxygen atoms in total. The second-order valence-electron chi connectivity index (χ2n) is 19.5. The number of aromatic hydroxyl groups is 2. The Morgan fingerprint density at radius 2 is 0.580 bits per heavy atom. The Balaban J connectivity index is 1.87. The van der Waals surface area contributed by atoms with Gasteiger partial charge in [0, 0.05) is 88.6 Å². The SMILES string of the molecule is CCc1c(O)c2c(c(O)c1OC1OC(COC(C)=O)C(OC(C)=O)C(OC(C)=O)C1OC(C)=O)C(=O)C(OC1OC(COC(C)=O)C(OC(C)=O)C(OC(C)=O)C1OC(C)=O)=C(OC1OC(COC(C)=O)C(OC(C)=O)C(OC(C)=O)C1OC(C)=O)C2=O. The van der Waals surface area contributed by atoms with Crippen LogP contribution in [-0.4, -0.2) is 205 Å². The van der Waals surface area contributed by atoms with Crippen LogP contribution in [0.1, 0.15) is 116 Å². The summed E-state index contributed by atoms with van der Waals surface area (Å²) in [6.45, 7) is 9.63. The predicted octanol–water partition coefficient (Wildman–Crippen LogP) is -0.0879.